The minimum absolute atomic E-state index is 0.323. The third kappa shape index (κ3) is 1.23. The molecule has 1 fully saturated rings. The van der Waals surface area contributed by atoms with Crippen molar-refractivity contribution < 1.29 is 14.3 Å². The van der Waals surface area contributed by atoms with Crippen LogP contribution in [0.15, 0.2) is 28.7 Å². The van der Waals surface area contributed by atoms with Crippen molar-refractivity contribution in [1.82, 2.24) is 0 Å². The van der Waals surface area contributed by atoms with Crippen molar-refractivity contribution >= 4 is 16.9 Å². The highest BCUT2D eigenvalue weighted by atomic mass is 16.4. The van der Waals surface area contributed by atoms with Gasteiger partial charge in [0.15, 0.2) is 0 Å². The molecule has 0 amide bonds. The van der Waals surface area contributed by atoms with E-state index in [1.54, 1.807) is 6.07 Å². The van der Waals surface area contributed by atoms with E-state index in [0.717, 1.165) is 12.8 Å². The molecule has 76 valence electrons. The lowest BCUT2D eigenvalue weighted by molar-refractivity contribution is 0.0696. The average molecular weight is 202 g/mol. The van der Waals surface area contributed by atoms with E-state index in [2.05, 4.69) is 0 Å². The van der Waals surface area contributed by atoms with E-state index in [-0.39, 0.29) is 0 Å². The highest BCUT2D eigenvalue weighted by Gasteiger charge is 2.33. The van der Waals surface area contributed by atoms with Gasteiger partial charge in [-0.25, -0.2) is 4.79 Å². The fraction of sp³-hybridized carbons (Fsp3) is 0.250. The van der Waals surface area contributed by atoms with Crippen LogP contribution in [0, 0.1) is 0 Å². The number of carboxylic acid groups (broad SMARTS) is 1. The number of benzene rings is 1. The number of fused-ring (bicyclic) bond motifs is 1. The summed E-state index contributed by atoms with van der Waals surface area (Å²) < 4.78 is 5.60. The van der Waals surface area contributed by atoms with Gasteiger partial charge in [0.1, 0.15) is 16.9 Å². The minimum Gasteiger partial charge on any atom is -0.478 e. The van der Waals surface area contributed by atoms with Gasteiger partial charge in [0.05, 0.1) is 0 Å². The highest BCUT2D eigenvalue weighted by Crippen LogP contribution is 2.44. The molecule has 0 unspecified atom stereocenters. The molecule has 1 heterocycles. The van der Waals surface area contributed by atoms with E-state index in [9.17, 15) is 4.79 Å². The van der Waals surface area contributed by atoms with E-state index < -0.39 is 5.97 Å². The SMILES string of the molecule is O=C(O)c1c(C2CC2)oc2ccccc12. The Morgan fingerprint density at radius 1 is 1.33 bits per heavy atom. The molecule has 2 aromatic rings. The Bertz CT molecular complexity index is 535. The molecule has 3 nitrogen and oxygen atoms in total. The van der Waals surface area contributed by atoms with E-state index in [4.69, 9.17) is 9.52 Å². The van der Waals surface area contributed by atoms with Crippen LogP contribution >= 0.6 is 0 Å². The maximum absolute atomic E-state index is 11.2. The monoisotopic (exact) mass is 202 g/mol. The van der Waals surface area contributed by atoms with Gasteiger partial charge in [0.2, 0.25) is 0 Å². The van der Waals surface area contributed by atoms with Crippen molar-refractivity contribution in [2.75, 3.05) is 0 Å². The Labute approximate surface area is 86.3 Å². The molecule has 0 radical (unpaired) electrons. The van der Waals surface area contributed by atoms with Crippen LogP contribution < -0.4 is 0 Å². The van der Waals surface area contributed by atoms with E-state index in [1.807, 2.05) is 18.2 Å². The summed E-state index contributed by atoms with van der Waals surface area (Å²) in [6, 6.07) is 7.30. The molecule has 1 N–H and O–H groups in total. The Kier molecular flexibility index (Phi) is 1.63. The van der Waals surface area contributed by atoms with Gasteiger partial charge in [-0.2, -0.15) is 0 Å². The zero-order chi connectivity index (χ0) is 10.4. The smallest absolute Gasteiger partial charge is 0.339 e. The van der Waals surface area contributed by atoms with Gasteiger partial charge in [-0.05, 0) is 18.9 Å². The number of hydrogen-bond acceptors (Lipinski definition) is 2. The Hall–Kier alpha value is -1.77. The Balaban J connectivity index is 2.33. The van der Waals surface area contributed by atoms with E-state index in [1.165, 1.54) is 0 Å². The van der Waals surface area contributed by atoms with Crippen LogP contribution in [-0.2, 0) is 0 Å². The van der Waals surface area contributed by atoms with Gasteiger partial charge in [0, 0.05) is 11.3 Å². The van der Waals surface area contributed by atoms with Crippen LogP contribution in [-0.4, -0.2) is 11.1 Å². The van der Waals surface area contributed by atoms with Crippen molar-refractivity contribution in [3.05, 3.63) is 35.6 Å². The van der Waals surface area contributed by atoms with Gasteiger partial charge in [-0.15, -0.1) is 0 Å². The molecule has 1 aromatic heterocycles. The van der Waals surface area contributed by atoms with Crippen molar-refractivity contribution in [1.29, 1.82) is 0 Å². The summed E-state index contributed by atoms with van der Waals surface area (Å²) in [6.07, 6.45) is 2.08. The molecule has 3 rings (SSSR count). The molecule has 0 saturated heterocycles. The number of furan rings is 1. The first kappa shape index (κ1) is 8.53. The largest absolute Gasteiger partial charge is 0.478 e. The standard InChI is InChI=1S/C12H10O3/c13-12(14)10-8-3-1-2-4-9(8)15-11(10)7-5-6-7/h1-4,7H,5-6H2,(H,13,14). The molecule has 3 heteroatoms. The fourth-order valence-corrected chi connectivity index (χ4v) is 1.92. The fourth-order valence-electron chi connectivity index (χ4n) is 1.92. The molecule has 1 aliphatic rings. The molecular formula is C12H10O3. The van der Waals surface area contributed by atoms with Crippen LogP contribution in [0.1, 0.15) is 34.9 Å². The molecular weight excluding hydrogens is 192 g/mol. The summed E-state index contributed by atoms with van der Waals surface area (Å²) >= 11 is 0. The van der Waals surface area contributed by atoms with Crippen molar-refractivity contribution in [3.8, 4) is 0 Å². The van der Waals surface area contributed by atoms with Gasteiger partial charge in [-0.1, -0.05) is 18.2 Å². The summed E-state index contributed by atoms with van der Waals surface area (Å²) in [5.41, 5.74) is 1.03. The van der Waals surface area contributed by atoms with Crippen LogP contribution in [0.5, 0.6) is 0 Å². The van der Waals surface area contributed by atoms with Gasteiger partial charge < -0.3 is 9.52 Å². The lowest BCUT2D eigenvalue weighted by atomic mass is 10.1. The topological polar surface area (TPSA) is 50.4 Å². The van der Waals surface area contributed by atoms with Crippen LogP contribution in [0.3, 0.4) is 0 Å². The van der Waals surface area contributed by atoms with Crippen molar-refractivity contribution in [2.45, 2.75) is 18.8 Å². The predicted octanol–water partition coefficient (Wildman–Crippen LogP) is 3.01. The zero-order valence-electron chi connectivity index (χ0n) is 8.06. The van der Waals surface area contributed by atoms with E-state index >= 15 is 0 Å². The first-order valence-corrected chi connectivity index (χ1v) is 5.02. The average Bonchev–Trinajstić information content (AvgIpc) is 2.98. The summed E-state index contributed by atoms with van der Waals surface area (Å²) in [7, 11) is 0. The van der Waals surface area contributed by atoms with E-state index in [0.29, 0.717) is 28.2 Å². The number of carbonyl (C=O) groups is 1. The molecule has 0 aliphatic heterocycles. The number of carboxylic acids is 1. The second-order valence-electron chi connectivity index (χ2n) is 3.92. The van der Waals surface area contributed by atoms with Crippen LogP contribution in [0.25, 0.3) is 11.0 Å². The Morgan fingerprint density at radius 3 is 2.73 bits per heavy atom. The normalized spacial score (nSPS) is 15.7. The van der Waals surface area contributed by atoms with Gasteiger partial charge >= 0.3 is 5.97 Å². The number of rotatable bonds is 2. The second-order valence-corrected chi connectivity index (χ2v) is 3.92. The number of para-hydroxylation sites is 1. The van der Waals surface area contributed by atoms with Gasteiger partial charge in [0.25, 0.3) is 0 Å². The second kappa shape index (κ2) is 2.86. The molecule has 1 aliphatic carbocycles. The van der Waals surface area contributed by atoms with Crippen LogP contribution in [0.4, 0.5) is 0 Å². The predicted molar refractivity (Wildman–Crippen MR) is 55.1 cm³/mol. The van der Waals surface area contributed by atoms with Gasteiger partial charge in [-0.3, -0.25) is 0 Å². The summed E-state index contributed by atoms with van der Waals surface area (Å²) in [4.78, 5) is 11.2. The number of hydrogen-bond donors (Lipinski definition) is 1. The van der Waals surface area contributed by atoms with Crippen molar-refractivity contribution in [3.63, 3.8) is 0 Å². The molecule has 0 spiro atoms. The van der Waals surface area contributed by atoms with Crippen molar-refractivity contribution in [2.24, 2.45) is 0 Å². The summed E-state index contributed by atoms with van der Waals surface area (Å²) in [6.45, 7) is 0. The Morgan fingerprint density at radius 2 is 2.07 bits per heavy atom. The molecule has 15 heavy (non-hydrogen) atoms. The maximum atomic E-state index is 11.2. The summed E-state index contributed by atoms with van der Waals surface area (Å²) in [5.74, 6) is 0.0917. The molecule has 0 bridgehead atoms. The summed E-state index contributed by atoms with van der Waals surface area (Å²) in [5, 5.41) is 9.88. The third-order valence-corrected chi connectivity index (χ3v) is 2.78. The zero-order valence-corrected chi connectivity index (χ0v) is 8.06. The molecule has 0 atom stereocenters. The molecule has 1 aromatic carbocycles. The highest BCUT2D eigenvalue weighted by molar-refractivity contribution is 6.03. The first-order valence-electron chi connectivity index (χ1n) is 5.02. The minimum atomic E-state index is -0.887. The maximum Gasteiger partial charge on any atom is 0.339 e. The lowest BCUT2D eigenvalue weighted by Crippen LogP contribution is -1.98. The third-order valence-electron chi connectivity index (χ3n) is 2.78. The molecule has 1 saturated carbocycles. The quantitative estimate of drug-likeness (QED) is 0.814. The number of aromatic carboxylic acids is 1. The van der Waals surface area contributed by atoms with Crippen LogP contribution in [0.2, 0.25) is 0 Å². The lowest BCUT2D eigenvalue weighted by Gasteiger charge is -1.93. The first-order chi connectivity index (χ1) is 7.27.